The summed E-state index contributed by atoms with van der Waals surface area (Å²) in [6.07, 6.45) is -2.65. The number of aliphatic hydroxyl groups is 1. The third-order valence-corrected chi connectivity index (χ3v) is 6.21. The Bertz CT molecular complexity index is 1220. The molecule has 0 spiro atoms. The lowest BCUT2D eigenvalue weighted by molar-refractivity contribution is -0.200. The monoisotopic (exact) mass is 655 g/mol. The molecular weight excluding hydrogens is 618 g/mol. The Balaban J connectivity index is 1.76. The molecule has 1 heterocycles. The average Bonchev–Trinajstić information content (AvgIpc) is 3.36. The molecule has 0 radical (unpaired) electrons. The summed E-state index contributed by atoms with van der Waals surface area (Å²) < 4.78 is 34.9. The molecule has 1 aromatic carbocycles. The summed E-state index contributed by atoms with van der Waals surface area (Å²) in [6.45, 7) is 0.0944. The van der Waals surface area contributed by atoms with Crippen LogP contribution in [0.2, 0.25) is 0 Å². The molecule has 1 aliphatic heterocycles. The first-order valence-corrected chi connectivity index (χ1v) is 14.1. The lowest BCUT2D eigenvalue weighted by Gasteiger charge is -2.27. The first-order valence-electron chi connectivity index (χ1n) is 14.1. The maximum absolute atomic E-state index is 12.6. The Kier molecular flexibility index (Phi) is 14.9. The number of amides is 2. The molecule has 17 heteroatoms. The van der Waals surface area contributed by atoms with Crippen molar-refractivity contribution in [1.29, 1.82) is 0 Å². The number of carbonyl (C=O) groups is 7. The topological polar surface area (TPSA) is 217 Å². The van der Waals surface area contributed by atoms with Crippen LogP contribution in [0.15, 0.2) is 30.3 Å². The third kappa shape index (κ3) is 12.0. The highest BCUT2D eigenvalue weighted by Gasteiger charge is 2.40. The Labute approximate surface area is 263 Å². The smallest absolute Gasteiger partial charge is 0.465 e. The van der Waals surface area contributed by atoms with E-state index < -0.39 is 85.9 Å². The second-order valence-corrected chi connectivity index (χ2v) is 10.4. The number of esters is 2. The van der Waals surface area contributed by atoms with E-state index in [4.69, 9.17) is 33.2 Å². The van der Waals surface area contributed by atoms with E-state index >= 15 is 0 Å². The molecule has 2 amide bonds. The Hall–Kier alpha value is -4.77. The molecular formula is C29H37NO16. The van der Waals surface area contributed by atoms with Crippen LogP contribution in [0.1, 0.15) is 39.2 Å². The van der Waals surface area contributed by atoms with Gasteiger partial charge in [0.15, 0.2) is 0 Å². The van der Waals surface area contributed by atoms with Crippen LogP contribution in [0, 0.1) is 10.8 Å². The standard InChI is InChI=1S/C29H37NO16/c1-4-40-25(36)29(3,18-44-26(37)41-13-12-39-15-23(34)46-30-21(32)10-11-22(30)33)19-45-27(38)43-17-28(2,16-31)24(35)42-14-20-8-6-5-7-9-20/h5-9,31H,4,10-19H2,1-3H3. The Morgan fingerprint density at radius 1 is 0.761 bits per heavy atom. The molecule has 1 N–H and O–H groups in total. The van der Waals surface area contributed by atoms with E-state index in [1.54, 1.807) is 30.3 Å². The second-order valence-electron chi connectivity index (χ2n) is 10.4. The van der Waals surface area contributed by atoms with E-state index in [1.807, 2.05) is 0 Å². The highest BCUT2D eigenvalue weighted by Crippen LogP contribution is 2.23. The SMILES string of the molecule is CCOC(=O)C(C)(COC(=O)OCCOCC(=O)ON1C(=O)CCC1=O)COC(=O)OCC(C)(CO)C(=O)OCc1ccccc1. The fourth-order valence-corrected chi connectivity index (χ4v) is 3.39. The summed E-state index contributed by atoms with van der Waals surface area (Å²) in [6, 6.07) is 8.80. The molecule has 0 aromatic heterocycles. The number of nitrogens with zero attached hydrogens (tertiary/aromatic N) is 1. The molecule has 2 unspecified atom stereocenters. The number of rotatable bonds is 18. The lowest BCUT2D eigenvalue weighted by atomic mass is 9.93. The van der Waals surface area contributed by atoms with Gasteiger partial charge in [-0.2, -0.15) is 0 Å². The molecule has 17 nitrogen and oxygen atoms in total. The predicted octanol–water partition coefficient (Wildman–Crippen LogP) is 1.23. The van der Waals surface area contributed by atoms with Crippen molar-refractivity contribution in [2.45, 2.75) is 40.2 Å². The van der Waals surface area contributed by atoms with E-state index in [9.17, 15) is 38.7 Å². The fraction of sp³-hybridized carbons (Fsp3) is 0.552. The molecule has 1 saturated heterocycles. The van der Waals surface area contributed by atoms with Crippen LogP contribution in [0.4, 0.5) is 9.59 Å². The van der Waals surface area contributed by atoms with Crippen LogP contribution in [0.3, 0.4) is 0 Å². The summed E-state index contributed by atoms with van der Waals surface area (Å²) in [7, 11) is 0. The minimum atomic E-state index is -1.70. The van der Waals surface area contributed by atoms with Crippen LogP contribution in [-0.2, 0) is 68.6 Å². The number of imide groups is 1. The summed E-state index contributed by atoms with van der Waals surface area (Å²) in [4.78, 5) is 88.7. The van der Waals surface area contributed by atoms with Crippen LogP contribution >= 0.6 is 0 Å². The van der Waals surface area contributed by atoms with Gasteiger partial charge in [0.1, 0.15) is 50.5 Å². The van der Waals surface area contributed by atoms with Gasteiger partial charge in [-0.05, 0) is 26.3 Å². The molecule has 2 rings (SSSR count). The first-order chi connectivity index (χ1) is 21.8. The van der Waals surface area contributed by atoms with Gasteiger partial charge >= 0.3 is 30.2 Å². The fourth-order valence-electron chi connectivity index (χ4n) is 3.39. The number of benzene rings is 1. The molecule has 46 heavy (non-hydrogen) atoms. The maximum atomic E-state index is 12.6. The van der Waals surface area contributed by atoms with Gasteiger partial charge in [0.25, 0.3) is 11.8 Å². The van der Waals surface area contributed by atoms with Gasteiger partial charge < -0.3 is 43.1 Å². The van der Waals surface area contributed by atoms with E-state index in [2.05, 4.69) is 4.84 Å². The molecule has 0 bridgehead atoms. The quantitative estimate of drug-likeness (QED) is 0.102. The summed E-state index contributed by atoms with van der Waals surface area (Å²) in [5, 5.41) is 10.1. The van der Waals surface area contributed by atoms with Crippen molar-refractivity contribution in [2.24, 2.45) is 10.8 Å². The molecule has 1 aromatic rings. The van der Waals surface area contributed by atoms with Crippen molar-refractivity contribution in [3.8, 4) is 0 Å². The van der Waals surface area contributed by atoms with E-state index in [0.717, 1.165) is 0 Å². The first kappa shape index (κ1) is 37.4. The molecule has 1 aliphatic rings. The Morgan fingerprint density at radius 3 is 1.87 bits per heavy atom. The van der Waals surface area contributed by atoms with E-state index in [0.29, 0.717) is 10.6 Å². The van der Waals surface area contributed by atoms with E-state index in [1.165, 1.54) is 20.8 Å². The van der Waals surface area contributed by atoms with Crippen LogP contribution in [0.25, 0.3) is 0 Å². The zero-order valence-corrected chi connectivity index (χ0v) is 25.7. The van der Waals surface area contributed by atoms with Crippen molar-refractivity contribution >= 4 is 42.0 Å². The number of aliphatic hydroxyl groups excluding tert-OH is 1. The van der Waals surface area contributed by atoms with Gasteiger partial charge in [-0.25, -0.2) is 14.4 Å². The third-order valence-electron chi connectivity index (χ3n) is 6.21. The van der Waals surface area contributed by atoms with Gasteiger partial charge in [0.05, 0.1) is 19.8 Å². The minimum absolute atomic E-state index is 0.0386. The van der Waals surface area contributed by atoms with Gasteiger partial charge in [-0.15, -0.1) is 5.06 Å². The molecule has 0 aliphatic carbocycles. The summed E-state index contributed by atoms with van der Waals surface area (Å²) >= 11 is 0. The van der Waals surface area contributed by atoms with Gasteiger partial charge in [-0.3, -0.25) is 19.2 Å². The normalized spacial score (nSPS) is 15.2. The number of hydroxylamine groups is 2. The van der Waals surface area contributed by atoms with Crippen molar-refractivity contribution in [3.63, 3.8) is 0 Å². The van der Waals surface area contributed by atoms with Crippen LogP contribution in [0.5, 0.6) is 0 Å². The maximum Gasteiger partial charge on any atom is 0.508 e. The van der Waals surface area contributed by atoms with Crippen LogP contribution in [-0.4, -0.2) is 105 Å². The minimum Gasteiger partial charge on any atom is -0.465 e. The summed E-state index contributed by atoms with van der Waals surface area (Å²) in [5.74, 6) is -4.02. The summed E-state index contributed by atoms with van der Waals surface area (Å²) in [5.41, 5.74) is -2.60. The molecule has 254 valence electrons. The average molecular weight is 656 g/mol. The van der Waals surface area contributed by atoms with Crippen molar-refractivity contribution < 1.29 is 76.7 Å². The zero-order chi connectivity index (χ0) is 34.2. The zero-order valence-electron chi connectivity index (χ0n) is 25.7. The molecule has 2 atom stereocenters. The van der Waals surface area contributed by atoms with Crippen LogP contribution < -0.4 is 0 Å². The number of hydrogen-bond acceptors (Lipinski definition) is 16. The highest BCUT2D eigenvalue weighted by molar-refractivity contribution is 6.01. The van der Waals surface area contributed by atoms with Crippen molar-refractivity contribution in [2.75, 3.05) is 52.9 Å². The van der Waals surface area contributed by atoms with Crippen molar-refractivity contribution in [1.82, 2.24) is 5.06 Å². The predicted molar refractivity (Wildman–Crippen MR) is 149 cm³/mol. The number of carbonyl (C=O) groups excluding carboxylic acids is 7. The molecule has 1 fully saturated rings. The Morgan fingerprint density at radius 2 is 1.30 bits per heavy atom. The molecule has 0 saturated carbocycles. The van der Waals surface area contributed by atoms with Gasteiger partial charge in [0, 0.05) is 12.8 Å². The van der Waals surface area contributed by atoms with Gasteiger partial charge in [0.2, 0.25) is 0 Å². The van der Waals surface area contributed by atoms with E-state index in [-0.39, 0.29) is 39.3 Å². The number of hydrogen-bond donors (Lipinski definition) is 1. The van der Waals surface area contributed by atoms with Crippen molar-refractivity contribution in [3.05, 3.63) is 35.9 Å². The highest BCUT2D eigenvalue weighted by atomic mass is 16.7. The largest absolute Gasteiger partial charge is 0.508 e. The lowest BCUT2D eigenvalue weighted by Crippen LogP contribution is -2.41. The number of ether oxygens (including phenoxy) is 7. The van der Waals surface area contributed by atoms with Gasteiger partial charge in [-0.1, -0.05) is 30.3 Å². The second kappa shape index (κ2) is 18.3.